The third-order valence-corrected chi connectivity index (χ3v) is 4.07. The van der Waals surface area contributed by atoms with Crippen molar-refractivity contribution in [1.82, 2.24) is 10.2 Å². The molecule has 0 saturated carbocycles. The van der Waals surface area contributed by atoms with Crippen LogP contribution in [0.2, 0.25) is 0 Å². The zero-order valence-electron chi connectivity index (χ0n) is 10.5. The molecule has 17 heavy (non-hydrogen) atoms. The highest BCUT2D eigenvalue weighted by Gasteiger charge is 2.20. The Morgan fingerprint density at radius 1 is 1.18 bits per heavy atom. The minimum Gasteiger partial charge on any atom is -0.313 e. The molecule has 1 aromatic rings. The highest BCUT2D eigenvalue weighted by atomic mass is 15.2. The molecule has 92 valence electrons. The summed E-state index contributed by atoms with van der Waals surface area (Å²) in [5.74, 6) is 0. The SMILES string of the molecule is c1ccc2c(c1)CCCN(CC1CCCN1)C2. The van der Waals surface area contributed by atoms with E-state index in [0.29, 0.717) is 0 Å². The predicted octanol–water partition coefficient (Wildman–Crippen LogP) is 2.19. The largest absolute Gasteiger partial charge is 0.313 e. The summed E-state index contributed by atoms with van der Waals surface area (Å²) in [6.45, 7) is 4.85. The fourth-order valence-electron chi connectivity index (χ4n) is 3.15. The Labute approximate surface area is 104 Å². The summed E-state index contributed by atoms with van der Waals surface area (Å²) in [4.78, 5) is 2.63. The van der Waals surface area contributed by atoms with Crippen LogP contribution in [-0.4, -0.2) is 30.6 Å². The first-order valence-corrected chi connectivity index (χ1v) is 6.94. The van der Waals surface area contributed by atoms with E-state index < -0.39 is 0 Å². The molecule has 0 spiro atoms. The first-order valence-electron chi connectivity index (χ1n) is 6.94. The monoisotopic (exact) mass is 230 g/mol. The second kappa shape index (κ2) is 5.19. The van der Waals surface area contributed by atoms with Gasteiger partial charge in [0.15, 0.2) is 0 Å². The van der Waals surface area contributed by atoms with Crippen molar-refractivity contribution < 1.29 is 0 Å². The lowest BCUT2D eigenvalue weighted by Crippen LogP contribution is -2.37. The number of hydrogen-bond donors (Lipinski definition) is 1. The van der Waals surface area contributed by atoms with Gasteiger partial charge in [0.1, 0.15) is 0 Å². The molecule has 0 radical (unpaired) electrons. The third kappa shape index (κ3) is 2.70. The van der Waals surface area contributed by atoms with E-state index >= 15 is 0 Å². The number of hydrogen-bond acceptors (Lipinski definition) is 2. The van der Waals surface area contributed by atoms with Crippen LogP contribution in [0, 0.1) is 0 Å². The van der Waals surface area contributed by atoms with Crippen LogP contribution >= 0.6 is 0 Å². The molecule has 2 aliphatic rings. The average molecular weight is 230 g/mol. The Morgan fingerprint density at radius 2 is 2.06 bits per heavy atom. The molecule has 1 atom stereocenters. The Kier molecular flexibility index (Phi) is 3.44. The van der Waals surface area contributed by atoms with Crippen molar-refractivity contribution in [2.75, 3.05) is 19.6 Å². The van der Waals surface area contributed by atoms with Crippen molar-refractivity contribution in [2.24, 2.45) is 0 Å². The number of fused-ring (bicyclic) bond motifs is 1. The highest BCUT2D eigenvalue weighted by Crippen LogP contribution is 2.19. The number of aryl methyl sites for hydroxylation is 1. The lowest BCUT2D eigenvalue weighted by Gasteiger charge is -2.24. The molecular weight excluding hydrogens is 208 g/mol. The van der Waals surface area contributed by atoms with Gasteiger partial charge in [-0.05, 0) is 49.9 Å². The van der Waals surface area contributed by atoms with Crippen LogP contribution in [0.3, 0.4) is 0 Å². The van der Waals surface area contributed by atoms with Crippen molar-refractivity contribution in [3.05, 3.63) is 35.4 Å². The second-order valence-electron chi connectivity index (χ2n) is 5.40. The third-order valence-electron chi connectivity index (χ3n) is 4.07. The Hall–Kier alpha value is -0.860. The van der Waals surface area contributed by atoms with Crippen LogP contribution in [0.5, 0.6) is 0 Å². The van der Waals surface area contributed by atoms with Crippen molar-refractivity contribution in [3.8, 4) is 0 Å². The summed E-state index contributed by atoms with van der Waals surface area (Å²) in [6.07, 6.45) is 5.28. The maximum absolute atomic E-state index is 3.61. The van der Waals surface area contributed by atoms with E-state index in [1.54, 1.807) is 11.1 Å². The van der Waals surface area contributed by atoms with Crippen LogP contribution in [-0.2, 0) is 13.0 Å². The average Bonchev–Trinajstić information content (AvgIpc) is 2.76. The quantitative estimate of drug-likeness (QED) is 0.838. The Bertz CT molecular complexity index is 369. The van der Waals surface area contributed by atoms with Crippen LogP contribution in [0.25, 0.3) is 0 Å². The van der Waals surface area contributed by atoms with E-state index in [1.165, 1.54) is 45.3 Å². The van der Waals surface area contributed by atoms with Gasteiger partial charge in [-0.1, -0.05) is 24.3 Å². The fourth-order valence-corrected chi connectivity index (χ4v) is 3.15. The fraction of sp³-hybridized carbons (Fsp3) is 0.600. The number of nitrogens with one attached hydrogen (secondary N) is 1. The molecule has 1 saturated heterocycles. The van der Waals surface area contributed by atoms with Gasteiger partial charge >= 0.3 is 0 Å². The molecule has 0 aliphatic carbocycles. The summed E-state index contributed by atoms with van der Waals surface area (Å²) >= 11 is 0. The summed E-state index contributed by atoms with van der Waals surface area (Å²) in [5, 5.41) is 3.61. The predicted molar refractivity (Wildman–Crippen MR) is 71.1 cm³/mol. The molecule has 2 heterocycles. The highest BCUT2D eigenvalue weighted by molar-refractivity contribution is 5.28. The molecular formula is C15H22N2. The van der Waals surface area contributed by atoms with Crippen molar-refractivity contribution in [3.63, 3.8) is 0 Å². The number of benzene rings is 1. The minimum absolute atomic E-state index is 0.736. The molecule has 0 aromatic heterocycles. The van der Waals surface area contributed by atoms with Gasteiger partial charge in [0.05, 0.1) is 0 Å². The molecule has 2 aliphatic heterocycles. The van der Waals surface area contributed by atoms with Gasteiger partial charge in [-0.25, -0.2) is 0 Å². The normalized spacial score (nSPS) is 25.5. The van der Waals surface area contributed by atoms with Crippen molar-refractivity contribution in [2.45, 2.75) is 38.3 Å². The molecule has 3 rings (SSSR count). The molecule has 1 N–H and O–H groups in total. The van der Waals surface area contributed by atoms with Gasteiger partial charge in [-0.3, -0.25) is 4.90 Å². The van der Waals surface area contributed by atoms with Crippen LogP contribution in [0.1, 0.15) is 30.4 Å². The van der Waals surface area contributed by atoms with Crippen LogP contribution < -0.4 is 5.32 Å². The van der Waals surface area contributed by atoms with E-state index in [0.717, 1.165) is 12.6 Å². The zero-order chi connectivity index (χ0) is 11.5. The molecule has 2 heteroatoms. The smallest absolute Gasteiger partial charge is 0.0237 e. The zero-order valence-corrected chi connectivity index (χ0v) is 10.5. The van der Waals surface area contributed by atoms with Crippen molar-refractivity contribution >= 4 is 0 Å². The summed E-state index contributed by atoms with van der Waals surface area (Å²) in [5.41, 5.74) is 3.11. The van der Waals surface area contributed by atoms with Crippen molar-refractivity contribution in [1.29, 1.82) is 0 Å². The van der Waals surface area contributed by atoms with Gasteiger partial charge in [0, 0.05) is 19.1 Å². The Morgan fingerprint density at radius 3 is 2.88 bits per heavy atom. The molecule has 1 aromatic carbocycles. The van der Waals surface area contributed by atoms with E-state index in [4.69, 9.17) is 0 Å². The van der Waals surface area contributed by atoms with Crippen LogP contribution in [0.4, 0.5) is 0 Å². The summed E-state index contributed by atoms with van der Waals surface area (Å²) < 4.78 is 0. The minimum atomic E-state index is 0.736. The lowest BCUT2D eigenvalue weighted by molar-refractivity contribution is 0.245. The van der Waals surface area contributed by atoms with E-state index in [-0.39, 0.29) is 0 Å². The first kappa shape index (κ1) is 11.2. The van der Waals surface area contributed by atoms with Gasteiger partial charge in [-0.15, -0.1) is 0 Å². The van der Waals surface area contributed by atoms with Gasteiger partial charge in [0.2, 0.25) is 0 Å². The molecule has 0 bridgehead atoms. The van der Waals surface area contributed by atoms with Gasteiger partial charge in [-0.2, -0.15) is 0 Å². The lowest BCUT2D eigenvalue weighted by atomic mass is 10.0. The van der Waals surface area contributed by atoms with E-state index in [1.807, 2.05) is 0 Å². The summed E-state index contributed by atoms with van der Waals surface area (Å²) in [6, 6.07) is 9.69. The number of nitrogens with zero attached hydrogens (tertiary/aromatic N) is 1. The van der Waals surface area contributed by atoms with Gasteiger partial charge in [0.25, 0.3) is 0 Å². The van der Waals surface area contributed by atoms with E-state index in [2.05, 4.69) is 34.5 Å². The molecule has 2 nitrogen and oxygen atoms in total. The van der Waals surface area contributed by atoms with E-state index in [9.17, 15) is 0 Å². The summed E-state index contributed by atoms with van der Waals surface area (Å²) in [7, 11) is 0. The standard InChI is InChI=1S/C15H22N2/c1-2-6-14-11-17(10-4-7-13(14)5-1)12-15-8-3-9-16-15/h1-2,5-6,15-16H,3-4,7-12H2. The van der Waals surface area contributed by atoms with Gasteiger partial charge < -0.3 is 5.32 Å². The first-order chi connectivity index (χ1) is 8.42. The Balaban J connectivity index is 1.67. The second-order valence-corrected chi connectivity index (χ2v) is 5.40. The molecule has 1 fully saturated rings. The maximum Gasteiger partial charge on any atom is 0.0237 e. The molecule has 1 unspecified atom stereocenters. The topological polar surface area (TPSA) is 15.3 Å². The molecule has 0 amide bonds. The maximum atomic E-state index is 3.61. The number of rotatable bonds is 2. The van der Waals surface area contributed by atoms with Crippen LogP contribution in [0.15, 0.2) is 24.3 Å².